The molecule has 0 amide bonds. The molecular weight excluding hydrogens is 322 g/mol. The van der Waals surface area contributed by atoms with Crippen molar-refractivity contribution in [1.82, 2.24) is 0 Å². The van der Waals surface area contributed by atoms with Gasteiger partial charge in [-0.05, 0) is 63.2 Å². The number of alkyl halides is 6. The van der Waals surface area contributed by atoms with E-state index in [9.17, 15) is 26.3 Å². The van der Waals surface area contributed by atoms with E-state index in [2.05, 4.69) is 0 Å². The Morgan fingerprint density at radius 1 is 0.652 bits per heavy atom. The van der Waals surface area contributed by atoms with Crippen LogP contribution in [-0.4, -0.2) is 23.6 Å². The van der Waals surface area contributed by atoms with Crippen LogP contribution in [0.3, 0.4) is 0 Å². The molecule has 1 nitrogen and oxygen atoms in total. The van der Waals surface area contributed by atoms with Crippen molar-refractivity contribution in [3.05, 3.63) is 0 Å². The molecule has 0 aromatic carbocycles. The standard InChI is InChI=1S/C16H24F6O/c1-11-3-7-13(8-4-11,15(17,18)19)23-14(16(20,21)22)9-5-12(2)6-10-14/h11-12H,3-10H2,1-2H3. The molecule has 0 saturated heterocycles. The zero-order valence-corrected chi connectivity index (χ0v) is 13.5. The topological polar surface area (TPSA) is 9.23 Å². The zero-order chi connectivity index (χ0) is 17.5. The lowest BCUT2D eigenvalue weighted by Gasteiger charge is -2.49. The second-order valence-corrected chi connectivity index (χ2v) is 7.45. The van der Waals surface area contributed by atoms with Gasteiger partial charge in [0.05, 0.1) is 0 Å². The fourth-order valence-electron chi connectivity index (χ4n) is 3.72. The molecular formula is C16H24F6O. The Morgan fingerprint density at radius 3 is 1.13 bits per heavy atom. The van der Waals surface area contributed by atoms with Gasteiger partial charge in [0.1, 0.15) is 0 Å². The fourth-order valence-corrected chi connectivity index (χ4v) is 3.72. The molecule has 0 aliphatic heterocycles. The first-order valence-electron chi connectivity index (χ1n) is 8.24. The summed E-state index contributed by atoms with van der Waals surface area (Å²) in [5.74, 6) is 0.171. The number of hydrogen-bond donors (Lipinski definition) is 0. The molecule has 0 bridgehead atoms. The van der Waals surface area contributed by atoms with Crippen LogP contribution in [0.1, 0.15) is 65.2 Å². The quantitative estimate of drug-likeness (QED) is 0.555. The van der Waals surface area contributed by atoms with Gasteiger partial charge in [-0.3, -0.25) is 0 Å². The van der Waals surface area contributed by atoms with Crippen LogP contribution in [0.4, 0.5) is 26.3 Å². The second kappa shape index (κ2) is 6.12. The van der Waals surface area contributed by atoms with Crippen molar-refractivity contribution in [2.45, 2.75) is 88.8 Å². The van der Waals surface area contributed by atoms with E-state index < -0.39 is 23.6 Å². The third kappa shape index (κ3) is 3.64. The van der Waals surface area contributed by atoms with E-state index in [1.54, 1.807) is 0 Å². The highest BCUT2D eigenvalue weighted by atomic mass is 19.4. The molecule has 7 heteroatoms. The normalized spacial score (nSPS) is 40.2. The van der Waals surface area contributed by atoms with E-state index in [1.165, 1.54) is 0 Å². The predicted molar refractivity (Wildman–Crippen MR) is 73.9 cm³/mol. The summed E-state index contributed by atoms with van der Waals surface area (Å²) in [5.41, 5.74) is -5.31. The fraction of sp³-hybridized carbons (Fsp3) is 1.00. The Hall–Kier alpha value is -0.460. The van der Waals surface area contributed by atoms with Crippen molar-refractivity contribution >= 4 is 0 Å². The van der Waals surface area contributed by atoms with Crippen molar-refractivity contribution < 1.29 is 31.1 Å². The first-order chi connectivity index (χ1) is 10.4. The Labute approximate surface area is 132 Å². The second-order valence-electron chi connectivity index (χ2n) is 7.45. The molecule has 2 rings (SSSR count). The molecule has 0 unspecified atom stereocenters. The van der Waals surface area contributed by atoms with Crippen LogP contribution in [0.5, 0.6) is 0 Å². The Bertz CT molecular complexity index is 360. The molecule has 0 spiro atoms. The molecule has 2 fully saturated rings. The smallest absolute Gasteiger partial charge is 0.350 e. The van der Waals surface area contributed by atoms with E-state index in [1.807, 2.05) is 13.8 Å². The highest BCUT2D eigenvalue weighted by Gasteiger charge is 2.66. The molecule has 0 heterocycles. The number of ether oxygens (including phenoxy) is 1. The SMILES string of the molecule is CC1CCC(OC2(C(F)(F)F)CCC(C)CC2)(C(F)(F)F)CC1. The molecule has 0 radical (unpaired) electrons. The molecule has 2 aliphatic carbocycles. The van der Waals surface area contributed by atoms with Gasteiger partial charge in [0, 0.05) is 0 Å². The van der Waals surface area contributed by atoms with E-state index >= 15 is 0 Å². The third-order valence-corrected chi connectivity index (χ3v) is 5.59. The summed E-state index contributed by atoms with van der Waals surface area (Å²) in [6, 6.07) is 0. The van der Waals surface area contributed by atoms with Crippen LogP contribution >= 0.6 is 0 Å². The van der Waals surface area contributed by atoms with Crippen molar-refractivity contribution in [2.75, 3.05) is 0 Å². The third-order valence-electron chi connectivity index (χ3n) is 5.59. The molecule has 0 aromatic rings. The molecule has 0 aromatic heterocycles. The van der Waals surface area contributed by atoms with Gasteiger partial charge in [-0.15, -0.1) is 0 Å². The minimum Gasteiger partial charge on any atom is -0.350 e. The Morgan fingerprint density at radius 2 is 0.913 bits per heavy atom. The van der Waals surface area contributed by atoms with Crippen LogP contribution in [0.15, 0.2) is 0 Å². The maximum absolute atomic E-state index is 13.6. The van der Waals surface area contributed by atoms with E-state index in [-0.39, 0.29) is 63.2 Å². The van der Waals surface area contributed by atoms with Gasteiger partial charge in [-0.25, -0.2) is 0 Å². The van der Waals surface area contributed by atoms with Crippen LogP contribution in [0.25, 0.3) is 0 Å². The van der Waals surface area contributed by atoms with Crippen molar-refractivity contribution in [3.8, 4) is 0 Å². The summed E-state index contributed by atoms with van der Waals surface area (Å²) < 4.78 is 86.8. The largest absolute Gasteiger partial charge is 0.417 e. The highest BCUT2D eigenvalue weighted by molar-refractivity contribution is 5.01. The van der Waals surface area contributed by atoms with Crippen LogP contribution in [0.2, 0.25) is 0 Å². The molecule has 23 heavy (non-hydrogen) atoms. The van der Waals surface area contributed by atoms with Gasteiger partial charge in [0.2, 0.25) is 0 Å². The summed E-state index contributed by atoms with van der Waals surface area (Å²) in [5, 5.41) is 0. The van der Waals surface area contributed by atoms with Crippen molar-refractivity contribution in [1.29, 1.82) is 0 Å². The van der Waals surface area contributed by atoms with Gasteiger partial charge < -0.3 is 4.74 Å². The summed E-state index contributed by atoms with van der Waals surface area (Å²) in [6.07, 6.45) is -10.1. The minimum absolute atomic E-state index is 0.0855. The first-order valence-corrected chi connectivity index (χ1v) is 8.24. The van der Waals surface area contributed by atoms with Gasteiger partial charge in [0.25, 0.3) is 0 Å². The van der Waals surface area contributed by atoms with Crippen molar-refractivity contribution in [2.24, 2.45) is 11.8 Å². The summed E-state index contributed by atoms with van der Waals surface area (Å²) in [4.78, 5) is 0. The summed E-state index contributed by atoms with van der Waals surface area (Å²) in [7, 11) is 0. The molecule has 136 valence electrons. The first kappa shape index (κ1) is 18.9. The van der Waals surface area contributed by atoms with Crippen molar-refractivity contribution in [3.63, 3.8) is 0 Å². The average Bonchev–Trinajstić information content (AvgIpc) is 2.42. The van der Waals surface area contributed by atoms with E-state index in [0.717, 1.165) is 0 Å². The lowest BCUT2D eigenvalue weighted by atomic mass is 9.75. The van der Waals surface area contributed by atoms with Gasteiger partial charge >= 0.3 is 12.4 Å². The summed E-state index contributed by atoms with van der Waals surface area (Å²) in [6.45, 7) is 3.64. The van der Waals surface area contributed by atoms with E-state index in [4.69, 9.17) is 4.74 Å². The van der Waals surface area contributed by atoms with Gasteiger partial charge in [-0.2, -0.15) is 26.3 Å². The van der Waals surface area contributed by atoms with Crippen LogP contribution < -0.4 is 0 Å². The van der Waals surface area contributed by atoms with Gasteiger partial charge in [-0.1, -0.05) is 13.8 Å². The number of hydrogen-bond acceptors (Lipinski definition) is 1. The average molecular weight is 346 g/mol. The molecule has 0 N–H and O–H groups in total. The minimum atomic E-state index is -4.78. The van der Waals surface area contributed by atoms with Crippen LogP contribution in [-0.2, 0) is 4.74 Å². The molecule has 0 atom stereocenters. The Kier molecular flexibility index (Phi) is 5.02. The molecule has 2 aliphatic rings. The molecule has 2 saturated carbocycles. The van der Waals surface area contributed by atoms with Crippen LogP contribution in [0, 0.1) is 11.8 Å². The number of rotatable bonds is 2. The van der Waals surface area contributed by atoms with E-state index in [0.29, 0.717) is 0 Å². The maximum Gasteiger partial charge on any atom is 0.417 e. The Balaban J connectivity index is 2.32. The predicted octanol–water partition coefficient (Wildman–Crippen LogP) is 6.03. The number of halogens is 6. The zero-order valence-electron chi connectivity index (χ0n) is 13.5. The monoisotopic (exact) mass is 346 g/mol. The maximum atomic E-state index is 13.6. The lowest BCUT2D eigenvalue weighted by Crippen LogP contribution is -2.60. The highest BCUT2D eigenvalue weighted by Crippen LogP contribution is 2.54. The van der Waals surface area contributed by atoms with Gasteiger partial charge in [0.15, 0.2) is 11.2 Å². The summed E-state index contributed by atoms with van der Waals surface area (Å²) >= 11 is 0. The lowest BCUT2D eigenvalue weighted by molar-refractivity contribution is -0.379.